The van der Waals surface area contributed by atoms with Crippen LogP contribution < -0.4 is 30.9 Å². The van der Waals surface area contributed by atoms with Crippen LogP contribution in [0.5, 0.6) is 0 Å². The van der Waals surface area contributed by atoms with Gasteiger partial charge in [-0.3, -0.25) is 24.2 Å². The van der Waals surface area contributed by atoms with Crippen LogP contribution in [0, 0.1) is 5.41 Å². The van der Waals surface area contributed by atoms with Gasteiger partial charge >= 0.3 is 6.18 Å². The molecule has 6 aromatic rings. The number of piperazine rings is 1. The highest BCUT2D eigenvalue weighted by Crippen LogP contribution is 2.41. The first kappa shape index (κ1) is 45.8. The van der Waals surface area contributed by atoms with Gasteiger partial charge in [-0.2, -0.15) is 13.2 Å². The summed E-state index contributed by atoms with van der Waals surface area (Å²) in [7, 11) is 1.62. The van der Waals surface area contributed by atoms with Crippen molar-refractivity contribution in [2.75, 3.05) is 64.6 Å². The molecule has 4 aliphatic rings. The average Bonchev–Trinajstić information content (AvgIpc) is 4.01. The van der Waals surface area contributed by atoms with Crippen LogP contribution in [0.25, 0.3) is 22.3 Å². The second-order valence-corrected chi connectivity index (χ2v) is 19.5. The van der Waals surface area contributed by atoms with Gasteiger partial charge in [0, 0.05) is 105 Å². The number of aryl methyl sites for hydroxylation is 1. The van der Waals surface area contributed by atoms with Gasteiger partial charge in [0.2, 0.25) is 5.91 Å². The summed E-state index contributed by atoms with van der Waals surface area (Å²) in [4.78, 5) is 65.1. The normalized spacial score (nSPS) is 18.7. The zero-order valence-electron chi connectivity index (χ0n) is 39.0. The molecule has 10 rings (SSSR count). The first-order chi connectivity index (χ1) is 33.0. The fourth-order valence-corrected chi connectivity index (χ4v) is 10.8. The average molecular weight is 945 g/mol. The van der Waals surface area contributed by atoms with Crippen molar-refractivity contribution in [2.45, 2.75) is 77.9 Å². The molecule has 4 N–H and O–H groups in total. The van der Waals surface area contributed by atoms with Crippen LogP contribution in [0.1, 0.15) is 66.6 Å². The molecule has 19 heteroatoms. The van der Waals surface area contributed by atoms with Crippen molar-refractivity contribution in [1.29, 1.82) is 0 Å². The number of aliphatic hydroxyl groups is 1. The smallest absolute Gasteiger partial charge is 0.392 e. The summed E-state index contributed by atoms with van der Waals surface area (Å²) in [5.74, 6) is -0.223. The van der Waals surface area contributed by atoms with E-state index in [2.05, 4.69) is 72.2 Å². The Balaban J connectivity index is 0.843. The second-order valence-electron chi connectivity index (χ2n) is 19.5. The molecule has 1 atom stereocenters. The lowest BCUT2D eigenvalue weighted by atomic mass is 9.90. The first-order valence-electron chi connectivity index (χ1n) is 23.3. The Bertz CT molecular complexity index is 3080. The maximum Gasteiger partial charge on any atom is 0.431 e. The molecule has 0 bridgehead atoms. The minimum Gasteiger partial charge on any atom is -0.392 e. The quantitative estimate of drug-likeness (QED) is 0.106. The van der Waals surface area contributed by atoms with E-state index in [1.165, 1.54) is 21.9 Å². The summed E-state index contributed by atoms with van der Waals surface area (Å²) in [6, 6.07) is 12.5. The predicted molar refractivity (Wildman–Crippen MR) is 259 cm³/mol. The lowest BCUT2D eigenvalue weighted by Gasteiger charge is -2.47. The molecule has 360 valence electrons. The molecule has 69 heavy (non-hydrogen) atoms. The van der Waals surface area contributed by atoms with Crippen molar-refractivity contribution >= 4 is 57.2 Å². The van der Waals surface area contributed by atoms with Crippen molar-refractivity contribution in [2.24, 2.45) is 12.5 Å². The summed E-state index contributed by atoms with van der Waals surface area (Å²) < 4.78 is 43.4. The SMILES string of the molecule is C=CC(=O)Nc1cc(Nc2nc(-c3ccnc(N4CCn5c(cc6c5CC(C)(C)C6)C4=O)c3CO)cn(C)c2=O)ccc1N1CCN(C2CCN(c3cnc4[nH]c(C(F)(F)F)cc4c3)CC2)CC1C. The number of pyridine rings is 2. The minimum absolute atomic E-state index is 0.0141. The molecule has 1 aliphatic carbocycles. The van der Waals surface area contributed by atoms with Gasteiger partial charge in [-0.1, -0.05) is 20.4 Å². The highest BCUT2D eigenvalue weighted by Gasteiger charge is 2.38. The number of aromatic nitrogens is 6. The van der Waals surface area contributed by atoms with Gasteiger partial charge in [-0.05, 0) is 92.1 Å². The molecule has 16 nitrogen and oxygen atoms in total. The third kappa shape index (κ3) is 8.62. The maximum atomic E-state index is 14.0. The van der Waals surface area contributed by atoms with E-state index in [-0.39, 0.29) is 28.8 Å². The molecule has 2 fully saturated rings. The number of piperidine rings is 1. The molecule has 1 aromatic carbocycles. The van der Waals surface area contributed by atoms with Crippen LogP contribution in [0.15, 0.2) is 78.5 Å². The molecular weight excluding hydrogens is 890 g/mol. The number of aliphatic hydroxyl groups excluding tert-OH is 1. The molecule has 2 amide bonds. The number of anilines is 6. The molecule has 0 spiro atoms. The number of hydrogen-bond donors (Lipinski definition) is 4. The number of amides is 2. The van der Waals surface area contributed by atoms with E-state index in [1.807, 2.05) is 18.2 Å². The van der Waals surface area contributed by atoms with E-state index in [0.29, 0.717) is 70.8 Å². The molecule has 0 radical (unpaired) electrons. The summed E-state index contributed by atoms with van der Waals surface area (Å²) >= 11 is 0. The largest absolute Gasteiger partial charge is 0.431 e. The molecule has 1 unspecified atom stereocenters. The van der Waals surface area contributed by atoms with Crippen molar-refractivity contribution in [3.63, 3.8) is 0 Å². The summed E-state index contributed by atoms with van der Waals surface area (Å²) in [6.45, 7) is 14.6. The number of benzene rings is 1. The predicted octanol–water partition coefficient (Wildman–Crippen LogP) is 6.86. The minimum atomic E-state index is -4.47. The standard InChI is InChI=1S/C50H55F3N12O4/c1-6-43(67)57-37-22-32(7-8-39(37)63-16-15-62(26-29(63)2)33-10-13-61(14-11-33)34-19-30-21-42(50(51,52)53)59-44(30)55-25-34)56-45-48(69)60(5)27-38(58-45)35-9-12-54-46(36(35)28-66)65-18-17-64-40(47(65)68)20-31-23-49(3,4)24-41(31)64/h6-9,12,19-22,25,27,29,33,66H,1,10-11,13-18,23-24,26,28H2,2-5H3,(H,55,59)(H,56,58)(H,57,67). The number of fused-ring (bicyclic) bond motifs is 4. The van der Waals surface area contributed by atoms with Gasteiger partial charge in [0.15, 0.2) is 5.82 Å². The Kier molecular flexibility index (Phi) is 11.6. The number of aromatic amines is 1. The topological polar surface area (TPSA) is 173 Å². The lowest BCUT2D eigenvalue weighted by molar-refractivity contribution is -0.140. The second kappa shape index (κ2) is 17.5. The molecular formula is C50H55F3N12O4. The zero-order valence-corrected chi connectivity index (χ0v) is 39.0. The monoisotopic (exact) mass is 944 g/mol. The van der Waals surface area contributed by atoms with Crippen molar-refractivity contribution < 1.29 is 27.9 Å². The number of hydrogen-bond acceptors (Lipinski definition) is 11. The molecule has 5 aromatic heterocycles. The fourth-order valence-electron chi connectivity index (χ4n) is 10.8. The summed E-state index contributed by atoms with van der Waals surface area (Å²) in [6.07, 6.45) is 5.13. The summed E-state index contributed by atoms with van der Waals surface area (Å²) in [5.41, 5.74) is 6.12. The number of carbonyl (C=O) groups is 2. The van der Waals surface area contributed by atoms with Crippen LogP contribution in [-0.4, -0.2) is 102 Å². The highest BCUT2D eigenvalue weighted by molar-refractivity contribution is 6.06. The van der Waals surface area contributed by atoms with Crippen molar-refractivity contribution in [3.8, 4) is 11.3 Å². The van der Waals surface area contributed by atoms with Gasteiger partial charge < -0.3 is 39.7 Å². The zero-order chi connectivity index (χ0) is 48.5. The number of nitrogens with zero attached hydrogens (tertiary/aromatic N) is 9. The van der Waals surface area contributed by atoms with Crippen LogP contribution in [0.3, 0.4) is 0 Å². The Morgan fingerprint density at radius 2 is 1.81 bits per heavy atom. The van der Waals surface area contributed by atoms with Crippen LogP contribution in [0.2, 0.25) is 0 Å². The van der Waals surface area contributed by atoms with E-state index in [9.17, 15) is 32.7 Å². The third-order valence-electron chi connectivity index (χ3n) is 14.2. The van der Waals surface area contributed by atoms with Gasteiger partial charge in [-0.15, -0.1) is 0 Å². The lowest BCUT2D eigenvalue weighted by Crippen LogP contribution is -2.57. The third-order valence-corrected chi connectivity index (χ3v) is 14.2. The number of rotatable bonds is 10. The van der Waals surface area contributed by atoms with Gasteiger partial charge in [0.05, 0.1) is 35.6 Å². The molecule has 8 heterocycles. The van der Waals surface area contributed by atoms with Crippen LogP contribution in [-0.2, 0) is 44.0 Å². The van der Waals surface area contributed by atoms with Crippen molar-refractivity contribution in [3.05, 3.63) is 112 Å². The highest BCUT2D eigenvalue weighted by atomic mass is 19.4. The number of alkyl halides is 3. The Morgan fingerprint density at radius 1 is 1.01 bits per heavy atom. The van der Waals surface area contributed by atoms with E-state index in [0.717, 1.165) is 69.3 Å². The van der Waals surface area contributed by atoms with E-state index in [1.54, 1.807) is 48.7 Å². The van der Waals surface area contributed by atoms with Gasteiger partial charge in [0.1, 0.15) is 22.9 Å². The molecule has 0 saturated carbocycles. The first-order valence-corrected chi connectivity index (χ1v) is 23.3. The maximum absolute atomic E-state index is 14.0. The summed E-state index contributed by atoms with van der Waals surface area (Å²) in [5, 5.41) is 17.4. The number of carbonyl (C=O) groups excluding carboxylic acids is 2. The van der Waals surface area contributed by atoms with Crippen LogP contribution >= 0.6 is 0 Å². The Morgan fingerprint density at radius 3 is 2.55 bits per heavy atom. The van der Waals surface area contributed by atoms with Gasteiger partial charge in [-0.25, -0.2) is 15.0 Å². The number of H-pyrrole nitrogens is 1. The Labute approximate surface area is 396 Å². The van der Waals surface area contributed by atoms with Crippen molar-refractivity contribution in [1.82, 2.24) is 34.0 Å². The molecule has 2 saturated heterocycles. The van der Waals surface area contributed by atoms with Gasteiger partial charge in [0.25, 0.3) is 11.5 Å². The Hall–Kier alpha value is -6.99. The van der Waals surface area contributed by atoms with Crippen LogP contribution in [0.4, 0.5) is 47.6 Å². The number of halogens is 3. The van der Waals surface area contributed by atoms with E-state index < -0.39 is 29.9 Å². The van der Waals surface area contributed by atoms with E-state index in [4.69, 9.17) is 4.98 Å². The fraction of sp³-hybridized carbons (Fsp3) is 0.400. The molecule has 3 aliphatic heterocycles. The number of nitrogens with one attached hydrogen (secondary N) is 3. The van der Waals surface area contributed by atoms with E-state index >= 15 is 0 Å².